The molecule has 1 amide bonds. The van der Waals surface area contributed by atoms with E-state index in [1.807, 2.05) is 12.1 Å². The Morgan fingerprint density at radius 2 is 1.68 bits per heavy atom. The van der Waals surface area contributed by atoms with Crippen LogP contribution >= 0.6 is 0 Å². The number of phenols is 1. The Kier molecular flexibility index (Phi) is 4.74. The first-order valence-corrected chi connectivity index (χ1v) is 10.0. The topological polar surface area (TPSA) is 74.5 Å². The van der Waals surface area contributed by atoms with E-state index in [1.54, 1.807) is 52.3 Å². The number of anilines is 1. The SMILES string of the molecule is O=C(c1cn(-c2ncccn2)c2ccc(F)cc12)N1CCN(c2ccc(O)cc2)CC1. The summed E-state index contributed by atoms with van der Waals surface area (Å²) in [5, 5.41) is 10.0. The maximum absolute atomic E-state index is 14.0. The minimum atomic E-state index is -0.398. The zero-order valence-corrected chi connectivity index (χ0v) is 16.6. The molecule has 1 aliphatic heterocycles. The van der Waals surface area contributed by atoms with Gasteiger partial charge in [-0.15, -0.1) is 0 Å². The molecule has 0 bridgehead atoms. The van der Waals surface area contributed by atoms with Gasteiger partial charge < -0.3 is 14.9 Å². The van der Waals surface area contributed by atoms with Crippen LogP contribution in [0.15, 0.2) is 67.1 Å². The van der Waals surface area contributed by atoms with Crippen LogP contribution in [0.3, 0.4) is 0 Å². The molecule has 3 heterocycles. The maximum atomic E-state index is 14.0. The van der Waals surface area contributed by atoms with E-state index in [-0.39, 0.29) is 11.7 Å². The highest BCUT2D eigenvalue weighted by atomic mass is 19.1. The van der Waals surface area contributed by atoms with Crippen molar-refractivity contribution in [3.8, 4) is 11.7 Å². The van der Waals surface area contributed by atoms with Gasteiger partial charge in [-0.05, 0) is 48.5 Å². The first-order valence-electron chi connectivity index (χ1n) is 10.0. The first kappa shape index (κ1) is 19.0. The summed E-state index contributed by atoms with van der Waals surface area (Å²) in [6, 6.07) is 13.1. The number of amides is 1. The lowest BCUT2D eigenvalue weighted by atomic mass is 10.1. The minimum Gasteiger partial charge on any atom is -0.508 e. The highest BCUT2D eigenvalue weighted by Crippen LogP contribution is 2.27. The minimum absolute atomic E-state index is 0.143. The van der Waals surface area contributed by atoms with E-state index < -0.39 is 5.82 Å². The number of benzene rings is 2. The number of carbonyl (C=O) groups is 1. The Balaban J connectivity index is 1.42. The van der Waals surface area contributed by atoms with Crippen LogP contribution in [0.2, 0.25) is 0 Å². The summed E-state index contributed by atoms with van der Waals surface area (Å²) >= 11 is 0. The van der Waals surface area contributed by atoms with Crippen LogP contribution in [-0.2, 0) is 0 Å². The fourth-order valence-corrected chi connectivity index (χ4v) is 3.96. The summed E-state index contributed by atoms with van der Waals surface area (Å²) in [5.41, 5.74) is 2.11. The molecule has 31 heavy (non-hydrogen) atoms. The van der Waals surface area contributed by atoms with Crippen molar-refractivity contribution in [3.05, 3.63) is 78.5 Å². The van der Waals surface area contributed by atoms with E-state index in [0.717, 1.165) is 5.69 Å². The summed E-state index contributed by atoms with van der Waals surface area (Å²) in [7, 11) is 0. The third-order valence-electron chi connectivity index (χ3n) is 5.55. The van der Waals surface area contributed by atoms with Gasteiger partial charge in [0.1, 0.15) is 11.6 Å². The van der Waals surface area contributed by atoms with Crippen LogP contribution in [-0.4, -0.2) is 56.6 Å². The van der Waals surface area contributed by atoms with Gasteiger partial charge in [-0.2, -0.15) is 0 Å². The largest absolute Gasteiger partial charge is 0.508 e. The van der Waals surface area contributed by atoms with Crippen molar-refractivity contribution < 1.29 is 14.3 Å². The number of hydrogen-bond acceptors (Lipinski definition) is 5. The second-order valence-electron chi connectivity index (χ2n) is 7.42. The molecule has 0 spiro atoms. The number of hydrogen-bond donors (Lipinski definition) is 1. The number of carbonyl (C=O) groups excluding carboxylic acids is 1. The third-order valence-corrected chi connectivity index (χ3v) is 5.55. The van der Waals surface area contributed by atoms with E-state index in [2.05, 4.69) is 14.9 Å². The van der Waals surface area contributed by atoms with E-state index in [1.165, 1.54) is 12.1 Å². The third kappa shape index (κ3) is 3.56. The number of aromatic nitrogens is 3. The second-order valence-corrected chi connectivity index (χ2v) is 7.42. The molecule has 7 nitrogen and oxygen atoms in total. The summed E-state index contributed by atoms with van der Waals surface area (Å²) in [6.45, 7) is 2.43. The molecule has 0 saturated carbocycles. The fraction of sp³-hybridized carbons (Fsp3) is 0.174. The predicted molar refractivity (Wildman–Crippen MR) is 115 cm³/mol. The molecule has 156 valence electrons. The van der Waals surface area contributed by atoms with Gasteiger partial charge in [-0.3, -0.25) is 9.36 Å². The van der Waals surface area contributed by atoms with Crippen LogP contribution in [0.5, 0.6) is 5.75 Å². The van der Waals surface area contributed by atoms with Crippen LogP contribution in [0.4, 0.5) is 10.1 Å². The number of nitrogens with zero attached hydrogens (tertiary/aromatic N) is 5. The predicted octanol–water partition coefficient (Wildman–Crippen LogP) is 3.23. The number of halogens is 1. The Labute approximate surface area is 178 Å². The van der Waals surface area contributed by atoms with Crippen LogP contribution < -0.4 is 4.90 Å². The van der Waals surface area contributed by atoms with Gasteiger partial charge >= 0.3 is 0 Å². The van der Waals surface area contributed by atoms with Crippen LogP contribution in [0, 0.1) is 5.82 Å². The standard InChI is InChI=1S/C23H20FN5O2/c24-16-2-7-21-19(14-16)20(15-29(21)23-25-8-1-9-26-23)22(31)28-12-10-27(11-13-28)17-3-5-18(30)6-4-17/h1-9,14-15,30H,10-13H2. The molecule has 0 radical (unpaired) electrons. The van der Waals surface area contributed by atoms with E-state index in [0.29, 0.717) is 48.6 Å². The van der Waals surface area contributed by atoms with Gasteiger partial charge in [-0.25, -0.2) is 14.4 Å². The molecule has 2 aromatic carbocycles. The molecule has 1 aliphatic rings. The molecule has 1 N–H and O–H groups in total. The van der Waals surface area contributed by atoms with Gasteiger partial charge in [0.25, 0.3) is 5.91 Å². The lowest BCUT2D eigenvalue weighted by Gasteiger charge is -2.36. The average Bonchev–Trinajstić information content (AvgIpc) is 3.18. The van der Waals surface area contributed by atoms with E-state index in [4.69, 9.17) is 0 Å². The molecule has 0 unspecified atom stereocenters. The highest BCUT2D eigenvalue weighted by molar-refractivity contribution is 6.07. The summed E-state index contributed by atoms with van der Waals surface area (Å²) < 4.78 is 15.7. The molecule has 1 fully saturated rings. The smallest absolute Gasteiger partial charge is 0.256 e. The zero-order valence-electron chi connectivity index (χ0n) is 16.6. The Morgan fingerprint density at radius 3 is 2.39 bits per heavy atom. The lowest BCUT2D eigenvalue weighted by Crippen LogP contribution is -2.48. The Morgan fingerprint density at radius 1 is 0.968 bits per heavy atom. The Bertz CT molecular complexity index is 1230. The fourth-order valence-electron chi connectivity index (χ4n) is 3.96. The zero-order chi connectivity index (χ0) is 21.4. The van der Waals surface area contributed by atoms with Crippen molar-refractivity contribution in [2.75, 3.05) is 31.1 Å². The molecule has 0 aliphatic carbocycles. The molecule has 2 aromatic heterocycles. The van der Waals surface area contributed by atoms with Gasteiger partial charge in [0.05, 0.1) is 11.1 Å². The molecular formula is C23H20FN5O2. The average molecular weight is 417 g/mol. The summed E-state index contributed by atoms with van der Waals surface area (Å²) in [6.07, 6.45) is 4.94. The van der Waals surface area contributed by atoms with Crippen molar-refractivity contribution in [2.24, 2.45) is 0 Å². The quantitative estimate of drug-likeness (QED) is 0.554. The van der Waals surface area contributed by atoms with Crippen molar-refractivity contribution >= 4 is 22.5 Å². The molecule has 5 rings (SSSR count). The Hall–Kier alpha value is -3.94. The highest BCUT2D eigenvalue weighted by Gasteiger charge is 2.26. The molecule has 4 aromatic rings. The number of rotatable bonds is 3. The van der Waals surface area contributed by atoms with Gasteiger partial charge in [0.15, 0.2) is 0 Å². The van der Waals surface area contributed by atoms with Crippen molar-refractivity contribution in [3.63, 3.8) is 0 Å². The number of phenolic OH excluding ortho intramolecular Hbond substituents is 1. The normalized spacial score (nSPS) is 14.2. The lowest BCUT2D eigenvalue weighted by molar-refractivity contribution is 0.0748. The van der Waals surface area contributed by atoms with Gasteiger partial charge in [0.2, 0.25) is 5.95 Å². The van der Waals surface area contributed by atoms with Crippen LogP contribution in [0.1, 0.15) is 10.4 Å². The van der Waals surface area contributed by atoms with Gasteiger partial charge in [-0.1, -0.05) is 0 Å². The molecule has 1 saturated heterocycles. The molecule has 0 atom stereocenters. The molecule has 8 heteroatoms. The maximum Gasteiger partial charge on any atom is 0.256 e. The summed E-state index contributed by atoms with van der Waals surface area (Å²) in [4.78, 5) is 25.8. The van der Waals surface area contributed by atoms with Crippen molar-refractivity contribution in [1.29, 1.82) is 0 Å². The van der Waals surface area contributed by atoms with Crippen molar-refractivity contribution in [1.82, 2.24) is 19.4 Å². The van der Waals surface area contributed by atoms with Gasteiger partial charge in [0, 0.05) is 55.8 Å². The summed E-state index contributed by atoms with van der Waals surface area (Å²) in [5.74, 6) is 0.111. The molecular weight excluding hydrogens is 397 g/mol. The number of piperazine rings is 1. The first-order chi connectivity index (χ1) is 15.1. The van der Waals surface area contributed by atoms with Crippen molar-refractivity contribution in [2.45, 2.75) is 0 Å². The second kappa shape index (κ2) is 7.71. The van der Waals surface area contributed by atoms with E-state index in [9.17, 15) is 14.3 Å². The number of fused-ring (bicyclic) bond motifs is 1. The van der Waals surface area contributed by atoms with Crippen LogP contribution in [0.25, 0.3) is 16.9 Å². The van der Waals surface area contributed by atoms with E-state index >= 15 is 0 Å². The monoisotopic (exact) mass is 417 g/mol. The number of aromatic hydroxyl groups is 1.